The Morgan fingerprint density at radius 1 is 1.10 bits per heavy atom. The summed E-state index contributed by atoms with van der Waals surface area (Å²) in [5, 5.41) is 3.97. The van der Waals surface area contributed by atoms with Crippen LogP contribution in [0.1, 0.15) is 29.7 Å². The molecule has 1 atom stereocenters. The van der Waals surface area contributed by atoms with Gasteiger partial charge < -0.3 is 10.1 Å². The lowest BCUT2D eigenvalue weighted by atomic mass is 9.97. The van der Waals surface area contributed by atoms with E-state index in [2.05, 4.69) is 36.5 Å². The Balaban J connectivity index is 2.33. The Hall–Kier alpha value is -1.51. The van der Waals surface area contributed by atoms with Gasteiger partial charge in [-0.25, -0.2) is 0 Å². The van der Waals surface area contributed by atoms with Gasteiger partial charge in [-0.2, -0.15) is 0 Å². The number of nitrogens with one attached hydrogen (secondary N) is 1. The van der Waals surface area contributed by atoms with Crippen molar-refractivity contribution in [2.24, 2.45) is 0 Å². The summed E-state index contributed by atoms with van der Waals surface area (Å²) in [6.07, 6.45) is 1.05. The van der Waals surface area contributed by atoms with Crippen LogP contribution in [-0.4, -0.2) is 14.2 Å². The Morgan fingerprint density at radius 2 is 1.75 bits per heavy atom. The van der Waals surface area contributed by atoms with Gasteiger partial charge in [-0.15, -0.1) is 0 Å². The van der Waals surface area contributed by atoms with Gasteiger partial charge in [0.05, 0.1) is 18.2 Å². The SMILES string of the molecule is CCc1ccc(C(NC)c2ccc(OC)c(Cl)c2)cc1. The molecule has 106 valence electrons. The molecule has 0 aliphatic rings. The van der Waals surface area contributed by atoms with Crippen molar-refractivity contribution >= 4 is 11.6 Å². The Labute approximate surface area is 125 Å². The van der Waals surface area contributed by atoms with Crippen LogP contribution in [0.4, 0.5) is 0 Å². The summed E-state index contributed by atoms with van der Waals surface area (Å²) in [5.41, 5.74) is 3.70. The average molecular weight is 290 g/mol. The number of methoxy groups -OCH3 is 1. The number of rotatable bonds is 5. The first-order chi connectivity index (χ1) is 9.69. The van der Waals surface area contributed by atoms with Crippen LogP contribution in [0.3, 0.4) is 0 Å². The molecule has 0 heterocycles. The van der Waals surface area contributed by atoms with Gasteiger partial charge in [-0.05, 0) is 42.3 Å². The molecular formula is C17H20ClNO. The zero-order chi connectivity index (χ0) is 14.5. The van der Waals surface area contributed by atoms with E-state index in [4.69, 9.17) is 16.3 Å². The topological polar surface area (TPSA) is 21.3 Å². The second-order valence-corrected chi connectivity index (χ2v) is 5.12. The highest BCUT2D eigenvalue weighted by Gasteiger charge is 2.13. The van der Waals surface area contributed by atoms with Crippen molar-refractivity contribution in [3.8, 4) is 5.75 Å². The third kappa shape index (κ3) is 3.14. The number of halogens is 1. The van der Waals surface area contributed by atoms with E-state index in [0.29, 0.717) is 10.8 Å². The summed E-state index contributed by atoms with van der Waals surface area (Å²) in [4.78, 5) is 0. The van der Waals surface area contributed by atoms with Crippen LogP contribution in [0.5, 0.6) is 5.75 Å². The predicted molar refractivity (Wildman–Crippen MR) is 84.7 cm³/mol. The van der Waals surface area contributed by atoms with Crippen molar-refractivity contribution < 1.29 is 4.74 Å². The number of hydrogen-bond donors (Lipinski definition) is 1. The molecule has 0 aromatic heterocycles. The van der Waals surface area contributed by atoms with Crippen molar-refractivity contribution in [2.45, 2.75) is 19.4 Å². The average Bonchev–Trinajstić information content (AvgIpc) is 2.49. The quantitative estimate of drug-likeness (QED) is 0.890. The summed E-state index contributed by atoms with van der Waals surface area (Å²) in [5.74, 6) is 0.701. The second-order valence-electron chi connectivity index (χ2n) is 4.71. The van der Waals surface area contributed by atoms with Gasteiger partial charge in [0.15, 0.2) is 0 Å². The molecular weight excluding hydrogens is 270 g/mol. The monoisotopic (exact) mass is 289 g/mol. The molecule has 3 heteroatoms. The van der Waals surface area contributed by atoms with Crippen LogP contribution in [0.15, 0.2) is 42.5 Å². The Kier molecular flexibility index (Phi) is 5.05. The third-order valence-electron chi connectivity index (χ3n) is 3.52. The van der Waals surface area contributed by atoms with Gasteiger partial charge in [-0.3, -0.25) is 0 Å². The molecule has 2 rings (SSSR count). The molecule has 1 unspecified atom stereocenters. The normalized spacial score (nSPS) is 12.2. The fourth-order valence-electron chi connectivity index (χ4n) is 2.33. The molecule has 0 aliphatic carbocycles. The first-order valence-corrected chi connectivity index (χ1v) is 7.17. The van der Waals surface area contributed by atoms with E-state index in [9.17, 15) is 0 Å². The van der Waals surface area contributed by atoms with E-state index >= 15 is 0 Å². The number of aryl methyl sites for hydroxylation is 1. The van der Waals surface area contributed by atoms with E-state index in [0.717, 1.165) is 12.0 Å². The van der Waals surface area contributed by atoms with Crippen LogP contribution in [0.25, 0.3) is 0 Å². The van der Waals surface area contributed by atoms with Crippen LogP contribution in [-0.2, 0) is 6.42 Å². The van der Waals surface area contributed by atoms with Gasteiger partial charge in [-0.1, -0.05) is 48.9 Å². The maximum Gasteiger partial charge on any atom is 0.137 e. The predicted octanol–water partition coefficient (Wildman–Crippen LogP) is 4.22. The smallest absolute Gasteiger partial charge is 0.137 e. The summed E-state index contributed by atoms with van der Waals surface area (Å²) in [6, 6.07) is 14.7. The van der Waals surface area contributed by atoms with E-state index in [1.807, 2.05) is 25.2 Å². The van der Waals surface area contributed by atoms with Crippen LogP contribution in [0.2, 0.25) is 5.02 Å². The minimum atomic E-state index is 0.129. The van der Waals surface area contributed by atoms with Crippen LogP contribution >= 0.6 is 11.6 Å². The lowest BCUT2D eigenvalue weighted by Crippen LogP contribution is -2.17. The third-order valence-corrected chi connectivity index (χ3v) is 3.81. The van der Waals surface area contributed by atoms with Crippen molar-refractivity contribution in [1.29, 1.82) is 0 Å². The molecule has 0 amide bonds. The zero-order valence-electron chi connectivity index (χ0n) is 12.1. The Morgan fingerprint density at radius 3 is 2.25 bits per heavy atom. The standard InChI is InChI=1S/C17H20ClNO/c1-4-12-5-7-13(8-6-12)17(19-2)14-9-10-16(20-3)15(18)11-14/h5-11,17,19H,4H2,1-3H3. The van der Waals surface area contributed by atoms with Crippen LogP contribution < -0.4 is 10.1 Å². The molecule has 2 nitrogen and oxygen atoms in total. The van der Waals surface area contributed by atoms with E-state index in [1.165, 1.54) is 11.1 Å². The molecule has 2 aromatic carbocycles. The number of hydrogen-bond acceptors (Lipinski definition) is 2. The highest BCUT2D eigenvalue weighted by Crippen LogP contribution is 2.30. The largest absolute Gasteiger partial charge is 0.495 e. The van der Waals surface area contributed by atoms with Crippen molar-refractivity contribution in [3.63, 3.8) is 0 Å². The van der Waals surface area contributed by atoms with Crippen molar-refractivity contribution in [1.82, 2.24) is 5.32 Å². The van der Waals surface area contributed by atoms with E-state index in [1.54, 1.807) is 7.11 Å². The molecule has 0 bridgehead atoms. The van der Waals surface area contributed by atoms with Crippen molar-refractivity contribution in [2.75, 3.05) is 14.2 Å². The minimum Gasteiger partial charge on any atom is -0.495 e. The lowest BCUT2D eigenvalue weighted by Gasteiger charge is -2.18. The molecule has 0 saturated heterocycles. The Bertz CT molecular complexity index is 566. The lowest BCUT2D eigenvalue weighted by molar-refractivity contribution is 0.414. The highest BCUT2D eigenvalue weighted by atomic mass is 35.5. The fraction of sp³-hybridized carbons (Fsp3) is 0.294. The van der Waals surface area contributed by atoms with Gasteiger partial charge in [0, 0.05) is 0 Å². The van der Waals surface area contributed by atoms with Gasteiger partial charge in [0.25, 0.3) is 0 Å². The summed E-state index contributed by atoms with van der Waals surface area (Å²) >= 11 is 6.21. The maximum atomic E-state index is 6.21. The number of benzene rings is 2. The molecule has 0 saturated carbocycles. The fourth-order valence-corrected chi connectivity index (χ4v) is 2.60. The zero-order valence-corrected chi connectivity index (χ0v) is 12.9. The second kappa shape index (κ2) is 6.78. The summed E-state index contributed by atoms with van der Waals surface area (Å²) in [7, 11) is 3.58. The molecule has 0 fully saturated rings. The van der Waals surface area contributed by atoms with Gasteiger partial charge in [0.2, 0.25) is 0 Å². The number of ether oxygens (including phenoxy) is 1. The first kappa shape index (κ1) is 14.9. The molecule has 0 spiro atoms. The molecule has 20 heavy (non-hydrogen) atoms. The summed E-state index contributed by atoms with van der Waals surface area (Å²) in [6.45, 7) is 2.16. The molecule has 0 aliphatic heterocycles. The van der Waals surface area contributed by atoms with Crippen LogP contribution in [0, 0.1) is 0 Å². The van der Waals surface area contributed by atoms with E-state index in [-0.39, 0.29) is 6.04 Å². The van der Waals surface area contributed by atoms with Gasteiger partial charge >= 0.3 is 0 Å². The minimum absolute atomic E-state index is 0.129. The molecule has 0 radical (unpaired) electrons. The van der Waals surface area contributed by atoms with Crippen molar-refractivity contribution in [3.05, 3.63) is 64.2 Å². The van der Waals surface area contributed by atoms with E-state index < -0.39 is 0 Å². The first-order valence-electron chi connectivity index (χ1n) is 6.79. The highest BCUT2D eigenvalue weighted by molar-refractivity contribution is 6.32. The van der Waals surface area contributed by atoms with Gasteiger partial charge in [0.1, 0.15) is 5.75 Å². The molecule has 2 aromatic rings. The molecule has 1 N–H and O–H groups in total. The maximum absolute atomic E-state index is 6.21. The summed E-state index contributed by atoms with van der Waals surface area (Å²) < 4.78 is 5.20.